The number of carbonyl (C=O) groups excluding carboxylic acids is 2. The number of ether oxygens (including phenoxy) is 2. The Bertz CT molecular complexity index is 764. The summed E-state index contributed by atoms with van der Waals surface area (Å²) in [5, 5.41) is 10.4. The molecule has 0 saturated carbocycles. The monoisotopic (exact) mass is 297 g/mol. The van der Waals surface area contributed by atoms with E-state index in [9.17, 15) is 14.7 Å². The second-order valence-electron chi connectivity index (χ2n) is 4.84. The van der Waals surface area contributed by atoms with Gasteiger partial charge in [-0.3, -0.25) is 4.79 Å². The molecule has 1 aliphatic rings. The quantitative estimate of drug-likeness (QED) is 0.712. The van der Waals surface area contributed by atoms with Crippen LogP contribution in [0.1, 0.15) is 22.8 Å². The zero-order valence-corrected chi connectivity index (χ0v) is 11.9. The van der Waals surface area contributed by atoms with E-state index in [-0.39, 0.29) is 5.78 Å². The normalized spacial score (nSPS) is 11.8. The summed E-state index contributed by atoms with van der Waals surface area (Å²) in [4.78, 5) is 22.9. The first-order valence-electron chi connectivity index (χ1n) is 6.88. The highest BCUT2D eigenvalue weighted by Gasteiger charge is 2.27. The second kappa shape index (κ2) is 5.52. The average Bonchev–Trinajstić information content (AvgIpc) is 2.78. The van der Waals surface area contributed by atoms with Crippen LogP contribution in [-0.4, -0.2) is 25.0 Å². The topological polar surface area (TPSA) is 75.7 Å². The lowest BCUT2D eigenvalue weighted by molar-refractivity contribution is -0.307. The molecule has 0 aliphatic heterocycles. The van der Waals surface area contributed by atoms with E-state index in [0.29, 0.717) is 29.2 Å². The lowest BCUT2D eigenvalue weighted by atomic mass is 10.1. The SMILES string of the molecule is CCOc1ccc2c(c1)C(=O)c1cc(OCC(=O)[O-])ccc1-2. The molecule has 2 aromatic carbocycles. The largest absolute Gasteiger partial charge is 0.546 e. The van der Waals surface area contributed by atoms with Crippen molar-refractivity contribution in [3.63, 3.8) is 0 Å². The van der Waals surface area contributed by atoms with Crippen LogP contribution in [0.4, 0.5) is 0 Å². The summed E-state index contributed by atoms with van der Waals surface area (Å²) in [5.41, 5.74) is 2.73. The Kier molecular flexibility index (Phi) is 3.55. The van der Waals surface area contributed by atoms with Crippen LogP contribution in [0.15, 0.2) is 36.4 Å². The fourth-order valence-corrected chi connectivity index (χ4v) is 2.53. The van der Waals surface area contributed by atoms with Crippen molar-refractivity contribution in [1.29, 1.82) is 0 Å². The molecule has 3 rings (SSSR count). The number of ketones is 1. The summed E-state index contributed by atoms with van der Waals surface area (Å²) >= 11 is 0. The van der Waals surface area contributed by atoms with Gasteiger partial charge in [0.05, 0.1) is 12.6 Å². The van der Waals surface area contributed by atoms with Crippen LogP contribution in [0.5, 0.6) is 11.5 Å². The number of fused-ring (bicyclic) bond motifs is 3. The Morgan fingerprint density at radius 3 is 2.00 bits per heavy atom. The first kappa shape index (κ1) is 14.1. The molecule has 0 unspecified atom stereocenters. The average molecular weight is 297 g/mol. The van der Waals surface area contributed by atoms with Crippen LogP contribution in [0.25, 0.3) is 11.1 Å². The number of carbonyl (C=O) groups is 2. The van der Waals surface area contributed by atoms with Gasteiger partial charge in [-0.1, -0.05) is 0 Å². The molecule has 0 heterocycles. The Morgan fingerprint density at radius 1 is 0.955 bits per heavy atom. The van der Waals surface area contributed by atoms with E-state index < -0.39 is 12.6 Å². The molecule has 0 spiro atoms. The van der Waals surface area contributed by atoms with Crippen LogP contribution >= 0.6 is 0 Å². The predicted octanol–water partition coefficient (Wildman–Crippen LogP) is 1.43. The van der Waals surface area contributed by atoms with E-state index in [4.69, 9.17) is 9.47 Å². The fraction of sp³-hybridized carbons (Fsp3) is 0.176. The highest BCUT2D eigenvalue weighted by Crippen LogP contribution is 2.39. The van der Waals surface area contributed by atoms with Crippen LogP contribution < -0.4 is 14.6 Å². The Hall–Kier alpha value is -2.82. The molecule has 22 heavy (non-hydrogen) atoms. The summed E-state index contributed by atoms with van der Waals surface area (Å²) in [7, 11) is 0. The number of hydrogen-bond donors (Lipinski definition) is 0. The first-order chi connectivity index (χ1) is 10.6. The molecule has 0 amide bonds. The van der Waals surface area contributed by atoms with Crippen molar-refractivity contribution in [2.24, 2.45) is 0 Å². The van der Waals surface area contributed by atoms with Crippen molar-refractivity contribution in [3.8, 4) is 22.6 Å². The van der Waals surface area contributed by atoms with Gasteiger partial charge in [-0.25, -0.2) is 0 Å². The molecule has 0 bridgehead atoms. The molecule has 5 heteroatoms. The van der Waals surface area contributed by atoms with Gasteiger partial charge in [-0.05, 0) is 54.4 Å². The molecule has 0 fully saturated rings. The smallest absolute Gasteiger partial charge is 0.194 e. The van der Waals surface area contributed by atoms with Crippen molar-refractivity contribution in [2.75, 3.05) is 13.2 Å². The Labute approximate surface area is 127 Å². The van der Waals surface area contributed by atoms with E-state index in [1.54, 1.807) is 24.3 Å². The molecule has 0 saturated heterocycles. The zero-order valence-electron chi connectivity index (χ0n) is 11.9. The maximum atomic E-state index is 12.5. The minimum Gasteiger partial charge on any atom is -0.546 e. The third kappa shape index (κ3) is 2.41. The minimum atomic E-state index is -1.31. The minimum absolute atomic E-state index is 0.120. The van der Waals surface area contributed by atoms with Gasteiger partial charge in [-0.15, -0.1) is 0 Å². The highest BCUT2D eigenvalue weighted by atomic mass is 16.5. The van der Waals surface area contributed by atoms with Crippen molar-refractivity contribution in [2.45, 2.75) is 6.92 Å². The molecule has 0 radical (unpaired) electrons. The summed E-state index contributed by atoms with van der Waals surface area (Å²) in [6.45, 7) is 1.86. The maximum Gasteiger partial charge on any atom is 0.194 e. The van der Waals surface area contributed by atoms with Crippen molar-refractivity contribution >= 4 is 11.8 Å². The highest BCUT2D eigenvalue weighted by molar-refractivity contribution is 6.22. The number of carboxylic acids is 1. The summed E-state index contributed by atoms with van der Waals surface area (Å²) < 4.78 is 10.5. The van der Waals surface area contributed by atoms with E-state index in [1.807, 2.05) is 19.1 Å². The number of benzene rings is 2. The Morgan fingerprint density at radius 2 is 1.50 bits per heavy atom. The Balaban J connectivity index is 1.96. The predicted molar refractivity (Wildman–Crippen MR) is 77.0 cm³/mol. The number of hydrogen-bond acceptors (Lipinski definition) is 5. The van der Waals surface area contributed by atoms with Gasteiger partial charge in [0.1, 0.15) is 18.1 Å². The molecule has 0 N–H and O–H groups in total. The van der Waals surface area contributed by atoms with E-state index >= 15 is 0 Å². The van der Waals surface area contributed by atoms with Crippen LogP contribution in [-0.2, 0) is 4.79 Å². The lowest BCUT2D eigenvalue weighted by Crippen LogP contribution is -2.28. The van der Waals surface area contributed by atoms with Gasteiger partial charge in [-0.2, -0.15) is 0 Å². The second-order valence-corrected chi connectivity index (χ2v) is 4.84. The van der Waals surface area contributed by atoms with Crippen LogP contribution in [0.3, 0.4) is 0 Å². The fourth-order valence-electron chi connectivity index (χ4n) is 2.53. The molecule has 5 nitrogen and oxygen atoms in total. The van der Waals surface area contributed by atoms with Crippen LogP contribution in [0.2, 0.25) is 0 Å². The lowest BCUT2D eigenvalue weighted by Gasteiger charge is -2.08. The van der Waals surface area contributed by atoms with E-state index in [2.05, 4.69) is 0 Å². The maximum absolute atomic E-state index is 12.5. The summed E-state index contributed by atoms with van der Waals surface area (Å²) in [5.74, 6) is -0.452. The number of aliphatic carboxylic acids is 1. The van der Waals surface area contributed by atoms with Gasteiger partial charge in [0.2, 0.25) is 0 Å². The first-order valence-corrected chi connectivity index (χ1v) is 6.88. The molecule has 0 atom stereocenters. The third-order valence-electron chi connectivity index (χ3n) is 3.43. The number of carboxylic acid groups (broad SMARTS) is 1. The van der Waals surface area contributed by atoms with Gasteiger partial charge < -0.3 is 19.4 Å². The van der Waals surface area contributed by atoms with Crippen molar-refractivity contribution in [1.82, 2.24) is 0 Å². The molecule has 2 aromatic rings. The van der Waals surface area contributed by atoms with E-state index in [0.717, 1.165) is 11.1 Å². The third-order valence-corrected chi connectivity index (χ3v) is 3.43. The van der Waals surface area contributed by atoms with E-state index in [1.165, 1.54) is 0 Å². The molecule has 112 valence electrons. The molecular formula is C17H13O5-. The summed E-state index contributed by atoms with van der Waals surface area (Å²) in [6.07, 6.45) is 0. The number of rotatable bonds is 5. The van der Waals surface area contributed by atoms with Gasteiger partial charge in [0.15, 0.2) is 5.78 Å². The van der Waals surface area contributed by atoms with Crippen molar-refractivity contribution < 1.29 is 24.2 Å². The summed E-state index contributed by atoms with van der Waals surface area (Å²) in [6, 6.07) is 10.4. The van der Waals surface area contributed by atoms with Crippen LogP contribution in [0, 0.1) is 0 Å². The molecule has 1 aliphatic carbocycles. The van der Waals surface area contributed by atoms with Gasteiger partial charge in [0, 0.05) is 11.1 Å². The molecule has 0 aromatic heterocycles. The zero-order chi connectivity index (χ0) is 15.7. The molecular weight excluding hydrogens is 284 g/mol. The van der Waals surface area contributed by atoms with Gasteiger partial charge >= 0.3 is 0 Å². The standard InChI is InChI=1S/C17H14O5/c1-2-21-10-3-5-12-13-6-4-11(22-9-16(18)19)8-15(13)17(20)14(12)7-10/h3-8H,2,9H2,1H3,(H,18,19)/p-1. The van der Waals surface area contributed by atoms with Crippen molar-refractivity contribution in [3.05, 3.63) is 47.5 Å². The van der Waals surface area contributed by atoms with Gasteiger partial charge in [0.25, 0.3) is 0 Å².